The quantitative estimate of drug-likeness (QED) is 0.896. The molecule has 3 unspecified atom stereocenters. The van der Waals surface area contributed by atoms with Gasteiger partial charge >= 0.3 is 0 Å². The van der Waals surface area contributed by atoms with Gasteiger partial charge in [0.25, 0.3) is 0 Å². The van der Waals surface area contributed by atoms with E-state index in [1.165, 1.54) is 12.1 Å². The number of halogens is 1. The zero-order valence-electron chi connectivity index (χ0n) is 12.0. The van der Waals surface area contributed by atoms with E-state index in [2.05, 4.69) is 26.1 Å². The Kier molecular flexibility index (Phi) is 4.94. The minimum absolute atomic E-state index is 0.179. The predicted molar refractivity (Wildman–Crippen MR) is 75.6 cm³/mol. The summed E-state index contributed by atoms with van der Waals surface area (Å²) in [5.41, 5.74) is 1.13. The van der Waals surface area contributed by atoms with Crippen LogP contribution in [0.5, 0.6) is 0 Å². The minimum atomic E-state index is -0.179. The zero-order valence-corrected chi connectivity index (χ0v) is 12.0. The zero-order chi connectivity index (χ0) is 13.8. The largest absolute Gasteiger partial charge is 0.378 e. The third-order valence-electron chi connectivity index (χ3n) is 3.91. The highest BCUT2D eigenvalue weighted by Gasteiger charge is 2.25. The lowest BCUT2D eigenvalue weighted by Crippen LogP contribution is -2.41. The molecule has 3 atom stereocenters. The van der Waals surface area contributed by atoms with E-state index in [0.717, 1.165) is 25.0 Å². The van der Waals surface area contributed by atoms with E-state index in [0.29, 0.717) is 18.1 Å². The van der Waals surface area contributed by atoms with Crippen molar-refractivity contribution < 1.29 is 9.13 Å². The molecule has 1 aliphatic rings. The first-order chi connectivity index (χ1) is 9.06. The second-order valence-electron chi connectivity index (χ2n) is 5.81. The van der Waals surface area contributed by atoms with E-state index in [4.69, 9.17) is 4.74 Å². The molecule has 1 aliphatic heterocycles. The maximum Gasteiger partial charge on any atom is 0.123 e. The number of hydrogen-bond donors (Lipinski definition) is 1. The molecule has 1 aromatic rings. The Bertz CT molecular complexity index is 390. The van der Waals surface area contributed by atoms with Crippen molar-refractivity contribution in [1.82, 2.24) is 5.32 Å². The molecule has 1 N–H and O–H groups in total. The van der Waals surface area contributed by atoms with E-state index in [9.17, 15) is 4.39 Å². The fourth-order valence-corrected chi connectivity index (χ4v) is 2.65. The highest BCUT2D eigenvalue weighted by atomic mass is 19.1. The lowest BCUT2D eigenvalue weighted by Gasteiger charge is -2.34. The van der Waals surface area contributed by atoms with Crippen LogP contribution < -0.4 is 5.32 Å². The van der Waals surface area contributed by atoms with Gasteiger partial charge in [-0.15, -0.1) is 0 Å². The van der Waals surface area contributed by atoms with Crippen molar-refractivity contribution in [3.63, 3.8) is 0 Å². The summed E-state index contributed by atoms with van der Waals surface area (Å²) >= 11 is 0. The van der Waals surface area contributed by atoms with E-state index in [1.807, 2.05) is 12.1 Å². The second kappa shape index (κ2) is 6.49. The summed E-state index contributed by atoms with van der Waals surface area (Å²) < 4.78 is 18.7. The third kappa shape index (κ3) is 4.02. The lowest BCUT2D eigenvalue weighted by atomic mass is 9.94. The lowest BCUT2D eigenvalue weighted by molar-refractivity contribution is -0.0256. The molecule has 0 aliphatic carbocycles. The summed E-state index contributed by atoms with van der Waals surface area (Å²) in [6.45, 7) is 7.37. The van der Waals surface area contributed by atoms with Crippen molar-refractivity contribution in [3.8, 4) is 0 Å². The van der Waals surface area contributed by atoms with Crippen LogP contribution in [0.2, 0.25) is 0 Å². The first kappa shape index (κ1) is 14.5. The summed E-state index contributed by atoms with van der Waals surface area (Å²) in [4.78, 5) is 0. The van der Waals surface area contributed by atoms with E-state index >= 15 is 0 Å². The fourth-order valence-electron chi connectivity index (χ4n) is 2.65. The van der Waals surface area contributed by atoms with Crippen LogP contribution in [0.3, 0.4) is 0 Å². The van der Waals surface area contributed by atoms with Crippen LogP contribution in [0.25, 0.3) is 0 Å². The first-order valence-corrected chi connectivity index (χ1v) is 7.19. The Balaban J connectivity index is 1.91. The molecular weight excluding hydrogens is 241 g/mol. The monoisotopic (exact) mass is 265 g/mol. The average molecular weight is 265 g/mol. The highest BCUT2D eigenvalue weighted by Crippen LogP contribution is 2.23. The molecule has 0 spiro atoms. The van der Waals surface area contributed by atoms with E-state index < -0.39 is 0 Å². The van der Waals surface area contributed by atoms with Gasteiger partial charge in [-0.1, -0.05) is 26.0 Å². The fraction of sp³-hybridized carbons (Fsp3) is 0.625. The summed E-state index contributed by atoms with van der Waals surface area (Å²) in [5, 5.41) is 3.64. The molecule has 2 nitrogen and oxygen atoms in total. The molecule has 0 bridgehead atoms. The Morgan fingerprint density at radius 2 is 1.89 bits per heavy atom. The first-order valence-electron chi connectivity index (χ1n) is 7.19. The Hall–Kier alpha value is -0.930. The summed E-state index contributed by atoms with van der Waals surface area (Å²) in [6, 6.07) is 7.49. The number of ether oxygens (including phenoxy) is 1. The Labute approximate surface area is 115 Å². The molecule has 3 heteroatoms. The molecule has 0 saturated carbocycles. The summed E-state index contributed by atoms with van der Waals surface area (Å²) in [5.74, 6) is 0.382. The van der Waals surface area contributed by atoms with Crippen molar-refractivity contribution >= 4 is 0 Å². The molecule has 1 aromatic carbocycles. The molecule has 2 rings (SSSR count). The smallest absolute Gasteiger partial charge is 0.123 e. The van der Waals surface area contributed by atoms with Gasteiger partial charge < -0.3 is 10.1 Å². The van der Waals surface area contributed by atoms with Crippen molar-refractivity contribution in [3.05, 3.63) is 35.6 Å². The maximum absolute atomic E-state index is 12.9. The van der Waals surface area contributed by atoms with Crippen LogP contribution in [0, 0.1) is 11.7 Å². The molecule has 0 amide bonds. The Morgan fingerprint density at radius 3 is 2.53 bits per heavy atom. The van der Waals surface area contributed by atoms with Gasteiger partial charge in [-0.2, -0.15) is 0 Å². The van der Waals surface area contributed by atoms with Crippen LogP contribution >= 0.6 is 0 Å². The van der Waals surface area contributed by atoms with Crippen LogP contribution in [0.15, 0.2) is 24.3 Å². The molecular formula is C16H24FNO. The van der Waals surface area contributed by atoms with Gasteiger partial charge in [0.15, 0.2) is 0 Å². The standard InChI is InChI=1S/C16H24FNO/c1-11(2)16-10-15(8-9-19-16)18-12(3)13-4-6-14(17)7-5-13/h4-7,11-12,15-16,18H,8-10H2,1-3H3. The minimum Gasteiger partial charge on any atom is -0.378 e. The van der Waals surface area contributed by atoms with Gasteiger partial charge in [0, 0.05) is 18.7 Å². The average Bonchev–Trinajstić information content (AvgIpc) is 2.39. The number of benzene rings is 1. The highest BCUT2D eigenvalue weighted by molar-refractivity contribution is 5.19. The van der Waals surface area contributed by atoms with Gasteiger partial charge in [-0.05, 0) is 43.4 Å². The normalized spacial score (nSPS) is 25.5. The molecule has 106 valence electrons. The summed E-state index contributed by atoms with van der Waals surface area (Å²) in [7, 11) is 0. The number of nitrogens with one attached hydrogen (secondary N) is 1. The SMILES string of the molecule is CC(NC1CCOC(C(C)C)C1)c1ccc(F)cc1. The van der Waals surface area contributed by atoms with Crippen molar-refractivity contribution in [2.24, 2.45) is 5.92 Å². The molecule has 1 fully saturated rings. The van der Waals surface area contributed by atoms with Crippen LogP contribution in [0.4, 0.5) is 4.39 Å². The summed E-state index contributed by atoms with van der Waals surface area (Å²) in [6.07, 6.45) is 2.46. The van der Waals surface area contributed by atoms with Gasteiger partial charge in [0.2, 0.25) is 0 Å². The second-order valence-corrected chi connectivity index (χ2v) is 5.81. The van der Waals surface area contributed by atoms with Crippen LogP contribution in [-0.2, 0) is 4.74 Å². The number of hydrogen-bond acceptors (Lipinski definition) is 2. The molecule has 19 heavy (non-hydrogen) atoms. The molecule has 0 aromatic heterocycles. The van der Waals surface area contributed by atoms with E-state index in [-0.39, 0.29) is 11.9 Å². The Morgan fingerprint density at radius 1 is 1.21 bits per heavy atom. The topological polar surface area (TPSA) is 21.3 Å². The maximum atomic E-state index is 12.9. The number of rotatable bonds is 4. The molecule has 1 saturated heterocycles. The van der Waals surface area contributed by atoms with Crippen molar-refractivity contribution in [2.75, 3.05) is 6.61 Å². The molecule has 0 radical (unpaired) electrons. The van der Waals surface area contributed by atoms with Gasteiger partial charge in [-0.25, -0.2) is 4.39 Å². The van der Waals surface area contributed by atoms with E-state index in [1.54, 1.807) is 0 Å². The predicted octanol–water partition coefficient (Wildman–Crippen LogP) is 3.68. The third-order valence-corrected chi connectivity index (χ3v) is 3.91. The molecule has 1 heterocycles. The van der Waals surface area contributed by atoms with Crippen molar-refractivity contribution in [1.29, 1.82) is 0 Å². The van der Waals surface area contributed by atoms with Crippen LogP contribution in [0.1, 0.15) is 45.2 Å². The van der Waals surface area contributed by atoms with Crippen LogP contribution in [-0.4, -0.2) is 18.8 Å². The van der Waals surface area contributed by atoms with Gasteiger partial charge in [0.1, 0.15) is 5.82 Å². The van der Waals surface area contributed by atoms with Crippen molar-refractivity contribution in [2.45, 2.75) is 51.8 Å². The van der Waals surface area contributed by atoms with Gasteiger partial charge in [0.05, 0.1) is 6.10 Å². The van der Waals surface area contributed by atoms with Gasteiger partial charge in [-0.3, -0.25) is 0 Å².